The first kappa shape index (κ1) is 15.2. The Morgan fingerprint density at radius 3 is 2.95 bits per heavy atom. The summed E-state index contributed by atoms with van der Waals surface area (Å²) >= 11 is 0. The summed E-state index contributed by atoms with van der Waals surface area (Å²) < 4.78 is 5.09. The van der Waals surface area contributed by atoms with Gasteiger partial charge in [0.25, 0.3) is 5.91 Å². The van der Waals surface area contributed by atoms with Gasteiger partial charge in [-0.25, -0.2) is 0 Å². The quantitative estimate of drug-likeness (QED) is 0.462. The van der Waals surface area contributed by atoms with E-state index in [9.17, 15) is 4.79 Å². The molecule has 21 heavy (non-hydrogen) atoms. The molecule has 0 spiro atoms. The monoisotopic (exact) mass is 290 g/mol. The summed E-state index contributed by atoms with van der Waals surface area (Å²) in [6.07, 6.45) is 2.36. The minimum absolute atomic E-state index is 0.141. The Morgan fingerprint density at radius 1 is 1.52 bits per heavy atom. The zero-order valence-electron chi connectivity index (χ0n) is 12.5. The normalized spacial score (nSPS) is 14.7. The number of nitrogens with one attached hydrogen (secondary N) is 1. The van der Waals surface area contributed by atoms with Gasteiger partial charge in [-0.1, -0.05) is 6.07 Å². The van der Waals surface area contributed by atoms with Gasteiger partial charge < -0.3 is 20.7 Å². The van der Waals surface area contributed by atoms with Crippen molar-refractivity contribution in [2.45, 2.75) is 18.9 Å². The zero-order valence-corrected chi connectivity index (χ0v) is 12.5. The Balaban J connectivity index is 1.77. The lowest BCUT2D eigenvalue weighted by Crippen LogP contribution is -2.36. The second kappa shape index (κ2) is 6.97. The number of nitrogens with two attached hydrogens (primary N) is 1. The summed E-state index contributed by atoms with van der Waals surface area (Å²) in [4.78, 5) is 18.2. The molecule has 1 aromatic carbocycles. The fraction of sp³-hybridized carbons (Fsp3) is 0.467. The average Bonchev–Trinajstić information content (AvgIpc) is 3.35. The molecule has 1 amide bonds. The van der Waals surface area contributed by atoms with Crippen LogP contribution in [0.4, 0.5) is 0 Å². The maximum Gasteiger partial charge on any atom is 0.251 e. The molecular weight excluding hydrogens is 268 g/mol. The molecule has 3 N–H and O–H groups in total. The molecule has 0 unspecified atom stereocenters. The number of carbonyl (C=O) groups is 1. The predicted molar refractivity (Wildman–Crippen MR) is 82.6 cm³/mol. The third-order valence-electron chi connectivity index (χ3n) is 3.46. The highest BCUT2D eigenvalue weighted by Gasteiger charge is 2.27. The highest BCUT2D eigenvalue weighted by atomic mass is 16.5. The zero-order chi connectivity index (χ0) is 15.2. The summed E-state index contributed by atoms with van der Waals surface area (Å²) in [5.74, 6) is 1.06. The molecule has 114 valence electrons. The Labute approximate surface area is 125 Å². The maximum atomic E-state index is 12.0. The molecule has 0 aromatic heterocycles. The fourth-order valence-corrected chi connectivity index (χ4v) is 1.97. The molecule has 6 heteroatoms. The van der Waals surface area contributed by atoms with Crippen molar-refractivity contribution in [1.82, 2.24) is 10.2 Å². The number of nitrogens with zero attached hydrogens (tertiary/aromatic N) is 2. The minimum Gasteiger partial charge on any atom is -0.497 e. The van der Waals surface area contributed by atoms with Gasteiger partial charge in [0.05, 0.1) is 13.7 Å². The van der Waals surface area contributed by atoms with Crippen LogP contribution in [0.5, 0.6) is 5.75 Å². The topological polar surface area (TPSA) is 79.9 Å². The van der Waals surface area contributed by atoms with Gasteiger partial charge in [-0.2, -0.15) is 0 Å². The van der Waals surface area contributed by atoms with E-state index in [1.54, 1.807) is 31.4 Å². The van der Waals surface area contributed by atoms with Crippen molar-refractivity contribution >= 4 is 11.9 Å². The van der Waals surface area contributed by atoms with E-state index in [-0.39, 0.29) is 5.91 Å². The molecule has 0 atom stereocenters. The van der Waals surface area contributed by atoms with E-state index in [2.05, 4.69) is 10.3 Å². The lowest BCUT2D eigenvalue weighted by Gasteiger charge is -2.16. The third kappa shape index (κ3) is 4.37. The Morgan fingerprint density at radius 2 is 2.29 bits per heavy atom. The van der Waals surface area contributed by atoms with Crippen molar-refractivity contribution in [3.8, 4) is 5.75 Å². The van der Waals surface area contributed by atoms with Crippen LogP contribution >= 0.6 is 0 Å². The second-order valence-corrected chi connectivity index (χ2v) is 5.07. The van der Waals surface area contributed by atoms with E-state index >= 15 is 0 Å². The molecule has 1 fully saturated rings. The van der Waals surface area contributed by atoms with Gasteiger partial charge in [-0.15, -0.1) is 0 Å². The van der Waals surface area contributed by atoms with Crippen molar-refractivity contribution in [2.24, 2.45) is 10.7 Å². The smallest absolute Gasteiger partial charge is 0.251 e. The van der Waals surface area contributed by atoms with Crippen LogP contribution in [0.2, 0.25) is 0 Å². The highest BCUT2D eigenvalue weighted by Crippen LogP contribution is 2.24. The van der Waals surface area contributed by atoms with Gasteiger partial charge in [0.15, 0.2) is 5.96 Å². The Kier molecular flexibility index (Phi) is 5.03. The number of benzene rings is 1. The molecule has 0 bridgehead atoms. The first-order valence-electron chi connectivity index (χ1n) is 7.07. The van der Waals surface area contributed by atoms with Gasteiger partial charge >= 0.3 is 0 Å². The van der Waals surface area contributed by atoms with E-state index in [1.165, 1.54) is 12.8 Å². The van der Waals surface area contributed by atoms with Crippen LogP contribution in [-0.2, 0) is 0 Å². The first-order chi connectivity index (χ1) is 10.1. The van der Waals surface area contributed by atoms with E-state index in [0.29, 0.717) is 36.4 Å². The molecule has 6 nitrogen and oxygen atoms in total. The number of hydrogen-bond donors (Lipinski definition) is 2. The first-order valence-corrected chi connectivity index (χ1v) is 7.07. The summed E-state index contributed by atoms with van der Waals surface area (Å²) in [6.45, 7) is 0.924. The molecule has 0 radical (unpaired) electrons. The standard InChI is InChI=1S/C15H22N4O2/c1-19(12-6-7-12)15(16)18-9-8-17-14(20)11-4-3-5-13(10-11)21-2/h3-5,10,12H,6-9H2,1-2H3,(H2,16,18)(H,17,20). The number of hydrogen-bond acceptors (Lipinski definition) is 3. The number of ether oxygens (including phenoxy) is 1. The summed E-state index contributed by atoms with van der Waals surface area (Å²) in [7, 11) is 3.52. The Bertz CT molecular complexity index is 526. The molecule has 1 aliphatic rings. The van der Waals surface area contributed by atoms with Crippen LogP contribution < -0.4 is 15.8 Å². The van der Waals surface area contributed by atoms with Crippen LogP contribution in [0.1, 0.15) is 23.2 Å². The van der Waals surface area contributed by atoms with Crippen LogP contribution in [0.25, 0.3) is 0 Å². The van der Waals surface area contributed by atoms with Crippen molar-refractivity contribution in [1.29, 1.82) is 0 Å². The number of carbonyl (C=O) groups excluding carboxylic acids is 1. The number of guanidine groups is 1. The van der Waals surface area contributed by atoms with E-state index in [1.807, 2.05) is 11.9 Å². The van der Waals surface area contributed by atoms with Crippen molar-refractivity contribution < 1.29 is 9.53 Å². The van der Waals surface area contributed by atoms with Gasteiger partial charge in [-0.3, -0.25) is 9.79 Å². The summed E-state index contributed by atoms with van der Waals surface area (Å²) in [6, 6.07) is 7.58. The second-order valence-electron chi connectivity index (χ2n) is 5.07. The van der Waals surface area contributed by atoms with E-state index in [4.69, 9.17) is 10.5 Å². The number of rotatable bonds is 6. The number of methoxy groups -OCH3 is 1. The van der Waals surface area contributed by atoms with Crippen molar-refractivity contribution in [3.05, 3.63) is 29.8 Å². The minimum atomic E-state index is -0.141. The van der Waals surface area contributed by atoms with Gasteiger partial charge in [0, 0.05) is 25.2 Å². The summed E-state index contributed by atoms with van der Waals surface area (Å²) in [5.41, 5.74) is 6.44. The molecule has 0 heterocycles. The number of aliphatic imine (C=N–C) groups is 1. The van der Waals surface area contributed by atoms with E-state index < -0.39 is 0 Å². The van der Waals surface area contributed by atoms with Crippen LogP contribution in [0, 0.1) is 0 Å². The number of amides is 1. The Hall–Kier alpha value is -2.24. The summed E-state index contributed by atoms with van der Waals surface area (Å²) in [5, 5.41) is 2.81. The molecule has 1 saturated carbocycles. The molecular formula is C15H22N4O2. The largest absolute Gasteiger partial charge is 0.497 e. The van der Waals surface area contributed by atoms with Gasteiger partial charge in [0.1, 0.15) is 5.75 Å². The molecule has 1 aliphatic carbocycles. The maximum absolute atomic E-state index is 12.0. The van der Waals surface area contributed by atoms with Crippen LogP contribution in [-0.4, -0.2) is 50.1 Å². The van der Waals surface area contributed by atoms with Crippen molar-refractivity contribution in [3.63, 3.8) is 0 Å². The SMILES string of the molecule is COc1cccc(C(=O)NCCN=C(N)N(C)C2CC2)c1. The fourth-order valence-electron chi connectivity index (χ4n) is 1.97. The molecule has 2 rings (SSSR count). The average molecular weight is 290 g/mol. The predicted octanol–water partition coefficient (Wildman–Crippen LogP) is 0.834. The van der Waals surface area contributed by atoms with Crippen LogP contribution in [0.15, 0.2) is 29.3 Å². The van der Waals surface area contributed by atoms with Gasteiger partial charge in [0.2, 0.25) is 0 Å². The third-order valence-corrected chi connectivity index (χ3v) is 3.46. The molecule has 0 saturated heterocycles. The van der Waals surface area contributed by atoms with Crippen LogP contribution in [0.3, 0.4) is 0 Å². The molecule has 1 aromatic rings. The van der Waals surface area contributed by atoms with Crippen molar-refractivity contribution in [2.75, 3.05) is 27.2 Å². The highest BCUT2D eigenvalue weighted by molar-refractivity contribution is 5.94. The lowest BCUT2D eigenvalue weighted by molar-refractivity contribution is 0.0954. The van der Waals surface area contributed by atoms with E-state index in [0.717, 1.165) is 0 Å². The van der Waals surface area contributed by atoms with Gasteiger partial charge in [-0.05, 0) is 31.0 Å². The lowest BCUT2D eigenvalue weighted by atomic mass is 10.2. The molecule has 0 aliphatic heterocycles.